The first-order chi connectivity index (χ1) is 17.0. The number of fused-ring (bicyclic) bond motifs is 1. The fraction of sp³-hybridized carbons (Fsp3) is 0.407. The van der Waals surface area contributed by atoms with Gasteiger partial charge in [0.2, 0.25) is 0 Å². The van der Waals surface area contributed by atoms with Gasteiger partial charge in [-0.2, -0.15) is 0 Å². The smallest absolute Gasteiger partial charge is 0.295 e. The van der Waals surface area contributed by atoms with Crippen molar-refractivity contribution in [1.82, 2.24) is 4.90 Å². The summed E-state index contributed by atoms with van der Waals surface area (Å²) in [5, 5.41) is 11.3. The highest BCUT2D eigenvalue weighted by Gasteiger charge is 2.46. The first-order valence-corrected chi connectivity index (χ1v) is 11.9. The van der Waals surface area contributed by atoms with Crippen molar-refractivity contribution in [1.29, 1.82) is 0 Å². The summed E-state index contributed by atoms with van der Waals surface area (Å²) < 4.78 is 22.2. The number of hydrogen-bond donors (Lipinski definition) is 1. The third-order valence-electron chi connectivity index (χ3n) is 6.04. The van der Waals surface area contributed by atoms with E-state index in [-0.39, 0.29) is 11.3 Å². The Morgan fingerprint density at radius 1 is 1.06 bits per heavy atom. The highest BCUT2D eigenvalue weighted by atomic mass is 16.6. The lowest BCUT2D eigenvalue weighted by Crippen LogP contribution is -2.31. The maximum atomic E-state index is 13.2. The van der Waals surface area contributed by atoms with Gasteiger partial charge in [-0.3, -0.25) is 9.59 Å². The van der Waals surface area contributed by atoms with Gasteiger partial charge in [0, 0.05) is 25.8 Å². The molecule has 1 amide bonds. The van der Waals surface area contributed by atoms with E-state index >= 15 is 0 Å². The molecule has 0 unspecified atom stereocenters. The zero-order chi connectivity index (χ0) is 24.8. The second-order valence-electron chi connectivity index (χ2n) is 8.47. The minimum Gasteiger partial charge on any atom is -0.507 e. The predicted molar refractivity (Wildman–Crippen MR) is 130 cm³/mol. The van der Waals surface area contributed by atoms with Crippen LogP contribution in [0.15, 0.2) is 48.0 Å². The number of benzene rings is 2. The van der Waals surface area contributed by atoms with Crippen molar-refractivity contribution in [2.45, 2.75) is 32.2 Å². The van der Waals surface area contributed by atoms with Gasteiger partial charge in [-0.15, -0.1) is 0 Å². The largest absolute Gasteiger partial charge is 0.507 e. The number of aliphatic hydroxyl groups excluding tert-OH is 1. The van der Waals surface area contributed by atoms with Crippen LogP contribution in [0, 0.1) is 0 Å². The molecule has 2 aliphatic rings. The molecule has 2 aromatic rings. The second-order valence-corrected chi connectivity index (χ2v) is 8.47. The van der Waals surface area contributed by atoms with Gasteiger partial charge in [-0.1, -0.05) is 25.5 Å². The van der Waals surface area contributed by atoms with E-state index in [9.17, 15) is 14.7 Å². The normalized spacial score (nSPS) is 18.7. The molecule has 2 heterocycles. The maximum Gasteiger partial charge on any atom is 0.295 e. The number of ketones is 1. The monoisotopic (exact) mass is 481 g/mol. The Balaban J connectivity index is 1.76. The summed E-state index contributed by atoms with van der Waals surface area (Å²) in [7, 11) is 1.59. The van der Waals surface area contributed by atoms with Gasteiger partial charge in [0.15, 0.2) is 11.5 Å². The van der Waals surface area contributed by atoms with Crippen LogP contribution in [0.5, 0.6) is 17.2 Å². The molecule has 1 N–H and O–H groups in total. The molecule has 0 bridgehead atoms. The van der Waals surface area contributed by atoms with Crippen LogP contribution in [0.3, 0.4) is 0 Å². The number of likely N-dealkylation sites (tertiary alicyclic amines) is 1. The summed E-state index contributed by atoms with van der Waals surface area (Å²) in [6.07, 6.45) is 2.48. The lowest BCUT2D eigenvalue weighted by Gasteiger charge is -2.26. The van der Waals surface area contributed by atoms with Gasteiger partial charge in [0.1, 0.15) is 24.7 Å². The van der Waals surface area contributed by atoms with E-state index in [1.54, 1.807) is 25.3 Å². The number of amides is 1. The Morgan fingerprint density at radius 3 is 2.63 bits per heavy atom. The summed E-state index contributed by atoms with van der Waals surface area (Å²) in [6, 6.07) is 11.6. The molecule has 2 aliphatic heterocycles. The summed E-state index contributed by atoms with van der Waals surface area (Å²) in [5.74, 6) is 0.0769. The minimum absolute atomic E-state index is 0.0369. The number of ether oxygens (including phenoxy) is 4. The third-order valence-corrected chi connectivity index (χ3v) is 6.04. The highest BCUT2D eigenvalue weighted by Crippen LogP contribution is 2.41. The van der Waals surface area contributed by atoms with Crippen LogP contribution in [-0.2, 0) is 14.3 Å². The van der Waals surface area contributed by atoms with Crippen LogP contribution in [0.4, 0.5) is 0 Å². The molecule has 186 valence electrons. The molecule has 0 radical (unpaired) electrons. The Labute approximate surface area is 205 Å². The fourth-order valence-corrected chi connectivity index (χ4v) is 4.29. The van der Waals surface area contributed by atoms with Gasteiger partial charge < -0.3 is 29.0 Å². The number of methoxy groups -OCH3 is 1. The molecule has 1 saturated heterocycles. The molecule has 2 aromatic carbocycles. The van der Waals surface area contributed by atoms with E-state index in [1.807, 2.05) is 24.3 Å². The van der Waals surface area contributed by atoms with E-state index in [0.717, 1.165) is 12.8 Å². The number of aliphatic hydroxyl groups is 1. The van der Waals surface area contributed by atoms with E-state index < -0.39 is 17.7 Å². The van der Waals surface area contributed by atoms with E-state index in [4.69, 9.17) is 18.9 Å². The topological polar surface area (TPSA) is 94.5 Å². The zero-order valence-electron chi connectivity index (χ0n) is 20.1. The van der Waals surface area contributed by atoms with Gasteiger partial charge in [0.25, 0.3) is 11.7 Å². The average Bonchev–Trinajstić information content (AvgIpc) is 3.13. The standard InChI is InChI=1S/C27H31NO7/c1-3-4-13-33-20-8-5-7-18(16-20)24-23(26(30)27(31)28(24)11-6-12-32-2)25(29)19-9-10-21-22(17-19)35-15-14-34-21/h5,7-10,16-17,24,29H,3-4,6,11-15H2,1-2H3/t24-/m1/s1. The van der Waals surface area contributed by atoms with Gasteiger partial charge in [-0.05, 0) is 48.7 Å². The van der Waals surface area contributed by atoms with Crippen molar-refractivity contribution in [3.63, 3.8) is 0 Å². The van der Waals surface area contributed by atoms with Crippen molar-refractivity contribution in [2.24, 2.45) is 0 Å². The van der Waals surface area contributed by atoms with Crippen LogP contribution in [0.1, 0.15) is 43.4 Å². The molecule has 8 heteroatoms. The summed E-state index contributed by atoms with van der Waals surface area (Å²) in [5.41, 5.74) is 1.11. The van der Waals surface area contributed by atoms with Crippen LogP contribution < -0.4 is 14.2 Å². The summed E-state index contributed by atoms with van der Waals surface area (Å²) in [4.78, 5) is 27.8. The predicted octanol–water partition coefficient (Wildman–Crippen LogP) is 4.09. The lowest BCUT2D eigenvalue weighted by molar-refractivity contribution is -0.140. The fourth-order valence-electron chi connectivity index (χ4n) is 4.29. The second kappa shape index (κ2) is 11.3. The molecule has 0 aromatic heterocycles. The molecule has 35 heavy (non-hydrogen) atoms. The third kappa shape index (κ3) is 5.27. The van der Waals surface area contributed by atoms with Gasteiger partial charge >= 0.3 is 0 Å². The number of hydrogen-bond acceptors (Lipinski definition) is 7. The molecule has 1 fully saturated rings. The number of rotatable bonds is 10. The molecule has 1 atom stereocenters. The Hall–Kier alpha value is -3.52. The lowest BCUT2D eigenvalue weighted by atomic mass is 9.95. The Morgan fingerprint density at radius 2 is 1.86 bits per heavy atom. The summed E-state index contributed by atoms with van der Waals surface area (Å²) >= 11 is 0. The van der Waals surface area contributed by atoms with Crippen molar-refractivity contribution in [2.75, 3.05) is 40.1 Å². The molecule has 0 spiro atoms. The van der Waals surface area contributed by atoms with Crippen LogP contribution in [-0.4, -0.2) is 61.8 Å². The number of Topliss-reactive ketones (excluding diaryl/α,β-unsaturated/α-hetero) is 1. The van der Waals surface area contributed by atoms with Gasteiger partial charge in [0.05, 0.1) is 18.2 Å². The molecular weight excluding hydrogens is 450 g/mol. The molecule has 0 saturated carbocycles. The van der Waals surface area contributed by atoms with Crippen molar-refractivity contribution >= 4 is 17.4 Å². The molecule has 8 nitrogen and oxygen atoms in total. The molecular formula is C27H31NO7. The van der Waals surface area contributed by atoms with E-state index in [1.165, 1.54) is 4.90 Å². The minimum atomic E-state index is -0.755. The maximum absolute atomic E-state index is 13.2. The SMILES string of the molecule is CCCCOc1cccc([C@@H]2C(=C(O)c3ccc4c(c3)OCCO4)C(=O)C(=O)N2CCCOC)c1. The van der Waals surface area contributed by atoms with Gasteiger partial charge in [-0.25, -0.2) is 0 Å². The van der Waals surface area contributed by atoms with E-state index in [2.05, 4.69) is 6.92 Å². The Bertz CT molecular complexity index is 1110. The van der Waals surface area contributed by atoms with Crippen molar-refractivity contribution < 1.29 is 33.6 Å². The van der Waals surface area contributed by atoms with Crippen LogP contribution in [0.25, 0.3) is 5.76 Å². The van der Waals surface area contributed by atoms with Crippen LogP contribution in [0.2, 0.25) is 0 Å². The first-order valence-electron chi connectivity index (χ1n) is 11.9. The Kier molecular flexibility index (Phi) is 7.92. The number of nitrogens with zero attached hydrogens (tertiary/aromatic N) is 1. The number of carbonyl (C=O) groups is 2. The van der Waals surface area contributed by atoms with Crippen molar-refractivity contribution in [3.8, 4) is 17.2 Å². The number of unbranched alkanes of at least 4 members (excludes halogenated alkanes) is 1. The highest BCUT2D eigenvalue weighted by molar-refractivity contribution is 6.46. The van der Waals surface area contributed by atoms with E-state index in [0.29, 0.717) is 67.8 Å². The molecule has 0 aliphatic carbocycles. The summed E-state index contributed by atoms with van der Waals surface area (Å²) in [6.45, 7) is 4.25. The average molecular weight is 482 g/mol. The first kappa shape index (κ1) is 24.6. The molecule has 4 rings (SSSR count). The zero-order valence-corrected chi connectivity index (χ0v) is 20.1. The van der Waals surface area contributed by atoms with Crippen LogP contribution >= 0.6 is 0 Å². The number of carbonyl (C=O) groups excluding carboxylic acids is 2. The van der Waals surface area contributed by atoms with Crippen molar-refractivity contribution in [3.05, 3.63) is 59.2 Å². The quantitative estimate of drug-likeness (QED) is 0.236.